The molecule has 0 bridgehead atoms. The lowest BCUT2D eigenvalue weighted by molar-refractivity contribution is 0.395. The summed E-state index contributed by atoms with van der Waals surface area (Å²) in [7, 11) is -3.47. The van der Waals surface area contributed by atoms with Crippen LogP contribution < -0.4 is 10.5 Å². The van der Waals surface area contributed by atoms with Crippen LogP contribution in [-0.4, -0.2) is 26.0 Å². The highest BCUT2D eigenvalue weighted by Crippen LogP contribution is 2.38. The van der Waals surface area contributed by atoms with E-state index in [9.17, 15) is 8.42 Å². The van der Waals surface area contributed by atoms with Gasteiger partial charge in [0.1, 0.15) is 0 Å². The summed E-state index contributed by atoms with van der Waals surface area (Å²) in [5.74, 6) is 0. The number of nitrogens with one attached hydrogen (secondary N) is 1. The quantitative estimate of drug-likeness (QED) is 0.815. The van der Waals surface area contributed by atoms with Gasteiger partial charge in [-0.05, 0) is 49.8 Å². The number of nitrogens with two attached hydrogens (primary N) is 1. The summed E-state index contributed by atoms with van der Waals surface area (Å²) in [6, 6.07) is 4.91. The number of aryl methyl sites for hydroxylation is 1. The van der Waals surface area contributed by atoms with Gasteiger partial charge < -0.3 is 5.73 Å². The van der Waals surface area contributed by atoms with Crippen LogP contribution in [0.2, 0.25) is 0 Å². The monoisotopic (exact) mass is 328 g/mol. The Hall–Kier alpha value is -0.720. The Kier molecular flexibility index (Phi) is 5.22. The molecule has 3 N–H and O–H groups in total. The topological polar surface area (TPSA) is 72.2 Å². The molecule has 0 saturated heterocycles. The second-order valence-electron chi connectivity index (χ2n) is 5.80. The van der Waals surface area contributed by atoms with Crippen molar-refractivity contribution in [3.8, 4) is 0 Å². The van der Waals surface area contributed by atoms with Crippen molar-refractivity contribution >= 4 is 27.5 Å². The number of sulfonamides is 1. The molecule has 0 radical (unpaired) electrons. The zero-order valence-corrected chi connectivity index (χ0v) is 14.3. The first kappa shape index (κ1) is 16.6. The molecule has 0 heterocycles. The number of nitrogen functional groups attached to an aromatic ring is 1. The average Bonchev–Trinajstić information content (AvgIpc) is 2.46. The number of thioether (sulfide) groups is 1. The molecule has 118 valence electrons. The van der Waals surface area contributed by atoms with Crippen LogP contribution in [0, 0.1) is 6.92 Å². The molecule has 0 atom stereocenters. The third-order valence-electron chi connectivity index (χ3n) is 4.27. The van der Waals surface area contributed by atoms with Crippen molar-refractivity contribution in [1.29, 1.82) is 0 Å². The summed E-state index contributed by atoms with van der Waals surface area (Å²) in [6.45, 7) is 2.27. The summed E-state index contributed by atoms with van der Waals surface area (Å²) < 4.78 is 27.9. The Morgan fingerprint density at radius 3 is 2.52 bits per heavy atom. The number of benzene rings is 1. The van der Waals surface area contributed by atoms with Crippen molar-refractivity contribution in [1.82, 2.24) is 4.72 Å². The summed E-state index contributed by atoms with van der Waals surface area (Å²) in [4.78, 5) is 0.323. The number of anilines is 1. The molecule has 0 aromatic heterocycles. The van der Waals surface area contributed by atoms with Crippen LogP contribution in [0.5, 0.6) is 0 Å². The molecule has 0 unspecified atom stereocenters. The molecule has 1 aromatic rings. The fourth-order valence-electron chi connectivity index (χ4n) is 2.93. The third-order valence-corrected chi connectivity index (χ3v) is 7.25. The van der Waals surface area contributed by atoms with Gasteiger partial charge in [-0.25, -0.2) is 13.1 Å². The minimum absolute atomic E-state index is 0.0486. The van der Waals surface area contributed by atoms with Gasteiger partial charge in [0.15, 0.2) is 0 Å². The highest BCUT2D eigenvalue weighted by Gasteiger charge is 2.32. The minimum Gasteiger partial charge on any atom is -0.399 e. The van der Waals surface area contributed by atoms with Crippen LogP contribution >= 0.6 is 11.8 Å². The summed E-state index contributed by atoms with van der Waals surface area (Å²) in [5.41, 5.74) is 6.95. The fourth-order valence-corrected chi connectivity index (χ4v) is 5.28. The van der Waals surface area contributed by atoms with Gasteiger partial charge in [0.25, 0.3) is 0 Å². The van der Waals surface area contributed by atoms with E-state index in [-0.39, 0.29) is 4.75 Å². The van der Waals surface area contributed by atoms with Crippen molar-refractivity contribution in [3.63, 3.8) is 0 Å². The van der Waals surface area contributed by atoms with Gasteiger partial charge >= 0.3 is 0 Å². The second kappa shape index (κ2) is 6.58. The van der Waals surface area contributed by atoms with E-state index in [0.29, 0.717) is 22.7 Å². The average molecular weight is 329 g/mol. The highest BCUT2D eigenvalue weighted by molar-refractivity contribution is 8.00. The first-order valence-electron chi connectivity index (χ1n) is 7.29. The fraction of sp³-hybridized carbons (Fsp3) is 0.600. The zero-order chi connectivity index (χ0) is 15.5. The lowest BCUT2D eigenvalue weighted by atomic mass is 9.88. The smallest absolute Gasteiger partial charge is 0.240 e. The molecule has 0 aliphatic heterocycles. The van der Waals surface area contributed by atoms with Gasteiger partial charge in [-0.3, -0.25) is 0 Å². The Morgan fingerprint density at radius 1 is 1.29 bits per heavy atom. The van der Waals surface area contributed by atoms with Crippen molar-refractivity contribution in [2.24, 2.45) is 0 Å². The molecule has 1 saturated carbocycles. The van der Waals surface area contributed by atoms with E-state index in [1.54, 1.807) is 36.9 Å². The largest absolute Gasteiger partial charge is 0.399 e. The zero-order valence-electron chi connectivity index (χ0n) is 12.7. The van der Waals surface area contributed by atoms with Crippen molar-refractivity contribution in [2.75, 3.05) is 18.5 Å². The van der Waals surface area contributed by atoms with Crippen molar-refractivity contribution in [2.45, 2.75) is 48.7 Å². The lowest BCUT2D eigenvalue weighted by Gasteiger charge is -2.35. The van der Waals surface area contributed by atoms with E-state index in [4.69, 9.17) is 5.73 Å². The van der Waals surface area contributed by atoms with Gasteiger partial charge in [-0.1, -0.05) is 19.3 Å². The summed E-state index contributed by atoms with van der Waals surface area (Å²) >= 11 is 1.79. The standard InChI is InChI=1S/C15H24N2O2S2/c1-12-10-13(16)6-7-14(12)21(18,19)17-11-15(20-2)8-4-3-5-9-15/h6-7,10,17H,3-5,8-9,11,16H2,1-2H3. The predicted octanol–water partition coefficient (Wildman–Crippen LogP) is 2.92. The van der Waals surface area contributed by atoms with Crippen LogP contribution in [0.3, 0.4) is 0 Å². The van der Waals surface area contributed by atoms with Gasteiger partial charge in [0.05, 0.1) is 4.90 Å². The third kappa shape index (κ3) is 3.93. The van der Waals surface area contributed by atoms with E-state index in [0.717, 1.165) is 12.8 Å². The number of hydrogen-bond donors (Lipinski definition) is 2. The Labute approximate surface area is 131 Å². The molecule has 1 aliphatic rings. The minimum atomic E-state index is -3.47. The highest BCUT2D eigenvalue weighted by atomic mass is 32.2. The molecule has 6 heteroatoms. The van der Waals surface area contributed by atoms with E-state index in [2.05, 4.69) is 11.0 Å². The SMILES string of the molecule is CSC1(CNS(=O)(=O)c2ccc(N)cc2C)CCCCC1. The first-order valence-corrected chi connectivity index (χ1v) is 10.0. The molecule has 1 aliphatic carbocycles. The van der Waals surface area contributed by atoms with Crippen LogP contribution in [0.15, 0.2) is 23.1 Å². The lowest BCUT2D eigenvalue weighted by Crippen LogP contribution is -2.41. The van der Waals surface area contributed by atoms with Crippen molar-refractivity contribution in [3.05, 3.63) is 23.8 Å². The van der Waals surface area contributed by atoms with E-state index >= 15 is 0 Å². The molecule has 4 nitrogen and oxygen atoms in total. The van der Waals surface area contributed by atoms with Crippen LogP contribution in [0.1, 0.15) is 37.7 Å². The summed E-state index contributed by atoms with van der Waals surface area (Å²) in [5, 5.41) is 0. The molecular formula is C15H24N2O2S2. The molecule has 1 aromatic carbocycles. The molecular weight excluding hydrogens is 304 g/mol. The molecule has 1 fully saturated rings. The van der Waals surface area contributed by atoms with E-state index < -0.39 is 10.0 Å². The Bertz CT molecular complexity index is 594. The van der Waals surface area contributed by atoms with Gasteiger partial charge in [-0.15, -0.1) is 0 Å². The van der Waals surface area contributed by atoms with Crippen LogP contribution in [0.4, 0.5) is 5.69 Å². The predicted molar refractivity (Wildman–Crippen MR) is 90.1 cm³/mol. The first-order chi connectivity index (χ1) is 9.88. The maximum absolute atomic E-state index is 12.5. The molecule has 2 rings (SSSR count). The van der Waals surface area contributed by atoms with E-state index in [1.807, 2.05) is 0 Å². The summed E-state index contributed by atoms with van der Waals surface area (Å²) in [6.07, 6.45) is 7.86. The number of hydrogen-bond acceptors (Lipinski definition) is 4. The molecule has 0 amide bonds. The van der Waals surface area contributed by atoms with Crippen molar-refractivity contribution < 1.29 is 8.42 Å². The number of rotatable bonds is 5. The van der Waals surface area contributed by atoms with Gasteiger partial charge in [-0.2, -0.15) is 11.8 Å². The van der Waals surface area contributed by atoms with E-state index in [1.165, 1.54) is 19.3 Å². The van der Waals surface area contributed by atoms with Crippen LogP contribution in [0.25, 0.3) is 0 Å². The second-order valence-corrected chi connectivity index (χ2v) is 8.81. The van der Waals surface area contributed by atoms with Gasteiger partial charge in [0.2, 0.25) is 10.0 Å². The Morgan fingerprint density at radius 2 is 1.95 bits per heavy atom. The molecule has 21 heavy (non-hydrogen) atoms. The normalized spacial score (nSPS) is 18.6. The van der Waals surface area contributed by atoms with Crippen LogP contribution in [-0.2, 0) is 10.0 Å². The molecule has 0 spiro atoms. The maximum atomic E-state index is 12.5. The maximum Gasteiger partial charge on any atom is 0.240 e. The Balaban J connectivity index is 2.13. The van der Waals surface area contributed by atoms with Gasteiger partial charge in [0, 0.05) is 17.0 Å².